The first-order valence-electron chi connectivity index (χ1n) is 6.38. The summed E-state index contributed by atoms with van der Waals surface area (Å²) in [5.41, 5.74) is 0.230. The summed E-state index contributed by atoms with van der Waals surface area (Å²) < 4.78 is 34.1. The van der Waals surface area contributed by atoms with Gasteiger partial charge in [0.05, 0.1) is 5.75 Å². The van der Waals surface area contributed by atoms with Crippen LogP contribution in [0.5, 0.6) is 0 Å². The highest BCUT2D eigenvalue weighted by molar-refractivity contribution is 7.86. The topological polar surface area (TPSA) is 91.8 Å². The summed E-state index contributed by atoms with van der Waals surface area (Å²) in [7, 11) is -4.73. The molecule has 120 valence electrons. The molecular formula is C13H13ClFNO5S. The van der Waals surface area contributed by atoms with Gasteiger partial charge in [-0.1, -0.05) is 29.8 Å². The predicted molar refractivity (Wildman–Crippen MR) is 76.5 cm³/mol. The first-order valence-corrected chi connectivity index (χ1v) is 8.31. The molecule has 0 spiro atoms. The lowest BCUT2D eigenvalue weighted by molar-refractivity contribution is -0.148. The molecule has 1 aliphatic heterocycles. The molecule has 0 bridgehead atoms. The number of carboxylic acids is 1. The van der Waals surface area contributed by atoms with Crippen LogP contribution in [0, 0.1) is 5.92 Å². The maximum atomic E-state index is 12.7. The third-order valence-electron chi connectivity index (χ3n) is 3.42. The molecule has 0 saturated carbocycles. The number of halogens is 2. The van der Waals surface area contributed by atoms with Crippen LogP contribution in [0.1, 0.15) is 18.0 Å². The van der Waals surface area contributed by atoms with Crippen LogP contribution in [-0.2, 0) is 19.8 Å². The van der Waals surface area contributed by atoms with Crippen LogP contribution in [0.2, 0.25) is 5.02 Å². The molecule has 1 aliphatic rings. The van der Waals surface area contributed by atoms with Gasteiger partial charge in [0, 0.05) is 29.5 Å². The summed E-state index contributed by atoms with van der Waals surface area (Å²) in [4.78, 5) is 24.6. The quantitative estimate of drug-likeness (QED) is 0.815. The molecule has 1 saturated heterocycles. The highest BCUT2D eigenvalue weighted by atomic mass is 35.5. The van der Waals surface area contributed by atoms with E-state index in [0.29, 0.717) is 0 Å². The zero-order valence-electron chi connectivity index (χ0n) is 11.3. The average molecular weight is 350 g/mol. The zero-order chi connectivity index (χ0) is 16.5. The Kier molecular flexibility index (Phi) is 4.72. The van der Waals surface area contributed by atoms with Crippen molar-refractivity contribution in [2.24, 2.45) is 5.92 Å². The molecular weight excluding hydrogens is 337 g/mol. The minimum Gasteiger partial charge on any atom is -0.479 e. The van der Waals surface area contributed by atoms with Gasteiger partial charge in [-0.2, -0.15) is 8.42 Å². The van der Waals surface area contributed by atoms with Crippen LogP contribution in [0.3, 0.4) is 0 Å². The molecule has 6 nitrogen and oxygen atoms in total. The molecule has 9 heteroatoms. The molecule has 0 radical (unpaired) electrons. The normalized spacial score (nSPS) is 20.2. The number of carboxylic acid groups (broad SMARTS) is 1. The second-order valence-electron chi connectivity index (χ2n) is 5.08. The van der Waals surface area contributed by atoms with Crippen molar-refractivity contribution in [2.45, 2.75) is 12.5 Å². The van der Waals surface area contributed by atoms with Gasteiger partial charge in [0.1, 0.15) is 0 Å². The van der Waals surface area contributed by atoms with E-state index in [4.69, 9.17) is 11.6 Å². The van der Waals surface area contributed by atoms with E-state index >= 15 is 0 Å². The van der Waals surface area contributed by atoms with E-state index in [0.717, 1.165) is 4.90 Å². The molecule has 1 aromatic carbocycles. The number of aliphatic carboxylic acids is 1. The second-order valence-corrected chi connectivity index (χ2v) is 6.90. The van der Waals surface area contributed by atoms with Gasteiger partial charge in [-0.3, -0.25) is 4.79 Å². The van der Waals surface area contributed by atoms with E-state index in [-0.39, 0.29) is 23.6 Å². The molecule has 2 rings (SSSR count). The minimum atomic E-state index is -4.73. The van der Waals surface area contributed by atoms with Crippen LogP contribution in [0.15, 0.2) is 24.3 Å². The van der Waals surface area contributed by atoms with Crippen molar-refractivity contribution in [3.8, 4) is 0 Å². The number of hydrogen-bond acceptors (Lipinski definition) is 4. The molecule has 1 fully saturated rings. The lowest BCUT2D eigenvalue weighted by atomic mass is 10.1. The Bertz CT molecular complexity index is 708. The highest BCUT2D eigenvalue weighted by Crippen LogP contribution is 2.33. The Morgan fingerprint density at radius 3 is 2.64 bits per heavy atom. The van der Waals surface area contributed by atoms with Gasteiger partial charge in [0.25, 0.3) is 0 Å². The summed E-state index contributed by atoms with van der Waals surface area (Å²) in [5, 5.41) is 9.59. The van der Waals surface area contributed by atoms with E-state index < -0.39 is 39.8 Å². The number of carbonyl (C=O) groups excluding carboxylic acids is 1. The first-order chi connectivity index (χ1) is 10.2. The van der Waals surface area contributed by atoms with Gasteiger partial charge in [-0.05, 0) is 6.07 Å². The third-order valence-corrected chi connectivity index (χ3v) is 4.63. The Labute approximate surface area is 131 Å². The van der Waals surface area contributed by atoms with Crippen LogP contribution in [0.25, 0.3) is 0 Å². The van der Waals surface area contributed by atoms with E-state index in [1.807, 2.05) is 0 Å². The maximum absolute atomic E-state index is 12.7. The molecule has 1 N–H and O–H groups in total. The molecule has 1 heterocycles. The Morgan fingerprint density at radius 1 is 1.45 bits per heavy atom. The molecule has 0 aromatic heterocycles. The van der Waals surface area contributed by atoms with Gasteiger partial charge in [0.15, 0.2) is 6.04 Å². The third kappa shape index (κ3) is 3.75. The summed E-state index contributed by atoms with van der Waals surface area (Å²) >= 11 is 5.97. The Hall–Kier alpha value is -1.67. The molecule has 22 heavy (non-hydrogen) atoms. The van der Waals surface area contributed by atoms with E-state index in [2.05, 4.69) is 0 Å². The van der Waals surface area contributed by atoms with E-state index in [9.17, 15) is 27.0 Å². The SMILES string of the molecule is O=C(O)[C@@H](c1ccccc1Cl)N1CC(CS(=O)(=O)F)CC1=O. The fourth-order valence-corrected chi connectivity index (χ4v) is 3.61. The summed E-state index contributed by atoms with van der Waals surface area (Å²) in [6.07, 6.45) is -0.211. The summed E-state index contributed by atoms with van der Waals surface area (Å²) in [6, 6.07) is 4.86. The Balaban J connectivity index is 2.29. The van der Waals surface area contributed by atoms with Gasteiger partial charge in [-0.15, -0.1) is 3.89 Å². The van der Waals surface area contributed by atoms with Crippen LogP contribution < -0.4 is 0 Å². The van der Waals surface area contributed by atoms with Crippen molar-refractivity contribution in [1.82, 2.24) is 4.90 Å². The fourth-order valence-electron chi connectivity index (χ4n) is 2.58. The summed E-state index contributed by atoms with van der Waals surface area (Å²) in [6.45, 7) is -0.149. The Morgan fingerprint density at radius 2 is 2.09 bits per heavy atom. The minimum absolute atomic E-state index is 0.149. The number of carbonyl (C=O) groups is 2. The average Bonchev–Trinajstić information content (AvgIpc) is 2.70. The van der Waals surface area contributed by atoms with Gasteiger partial charge >= 0.3 is 16.2 Å². The van der Waals surface area contributed by atoms with Crippen LogP contribution in [-0.4, -0.2) is 42.6 Å². The van der Waals surface area contributed by atoms with Crippen molar-refractivity contribution in [3.05, 3.63) is 34.9 Å². The first kappa shape index (κ1) is 16.7. The number of rotatable bonds is 5. The summed E-state index contributed by atoms with van der Waals surface area (Å²) in [5.74, 6) is -3.40. The predicted octanol–water partition coefficient (Wildman–Crippen LogP) is 1.61. The highest BCUT2D eigenvalue weighted by Gasteiger charge is 2.40. The van der Waals surface area contributed by atoms with E-state index in [1.165, 1.54) is 12.1 Å². The number of likely N-dealkylation sites (tertiary alicyclic amines) is 1. The van der Waals surface area contributed by atoms with Crippen molar-refractivity contribution >= 4 is 33.7 Å². The fraction of sp³-hybridized carbons (Fsp3) is 0.385. The molecule has 1 unspecified atom stereocenters. The largest absolute Gasteiger partial charge is 0.479 e. The second kappa shape index (κ2) is 6.21. The molecule has 1 amide bonds. The van der Waals surface area contributed by atoms with Gasteiger partial charge < -0.3 is 10.0 Å². The van der Waals surface area contributed by atoms with Crippen molar-refractivity contribution in [3.63, 3.8) is 0 Å². The number of nitrogens with zero attached hydrogens (tertiary/aromatic N) is 1. The standard InChI is InChI=1S/C13H13ClFNO5S/c14-10-4-2-1-3-9(10)12(13(18)19)16-6-8(5-11(16)17)7-22(15,20)21/h1-4,8,12H,5-7H2,(H,18,19)/t8?,12-/m1/s1. The van der Waals surface area contributed by atoms with Crippen molar-refractivity contribution in [1.29, 1.82) is 0 Å². The lowest BCUT2D eigenvalue weighted by Gasteiger charge is -2.25. The van der Waals surface area contributed by atoms with E-state index in [1.54, 1.807) is 12.1 Å². The number of hydrogen-bond donors (Lipinski definition) is 1. The van der Waals surface area contributed by atoms with Crippen molar-refractivity contribution in [2.75, 3.05) is 12.3 Å². The van der Waals surface area contributed by atoms with Gasteiger partial charge in [-0.25, -0.2) is 4.79 Å². The van der Waals surface area contributed by atoms with Crippen LogP contribution in [0.4, 0.5) is 3.89 Å². The monoisotopic (exact) mass is 349 g/mol. The number of benzene rings is 1. The molecule has 1 aromatic rings. The van der Waals surface area contributed by atoms with Crippen molar-refractivity contribution < 1.29 is 27.0 Å². The maximum Gasteiger partial charge on any atom is 0.331 e. The smallest absolute Gasteiger partial charge is 0.331 e. The van der Waals surface area contributed by atoms with Gasteiger partial charge in [0.2, 0.25) is 5.91 Å². The number of amides is 1. The lowest BCUT2D eigenvalue weighted by Crippen LogP contribution is -2.35. The van der Waals surface area contributed by atoms with Crippen LogP contribution >= 0.6 is 11.6 Å². The molecule has 0 aliphatic carbocycles. The molecule has 2 atom stereocenters. The zero-order valence-corrected chi connectivity index (χ0v) is 12.8.